The van der Waals surface area contributed by atoms with Crippen LogP contribution in [-0.4, -0.2) is 30.1 Å². The van der Waals surface area contributed by atoms with Crippen molar-refractivity contribution in [2.75, 3.05) is 6.61 Å². The van der Waals surface area contributed by atoms with E-state index in [-0.39, 0.29) is 22.3 Å². The van der Waals surface area contributed by atoms with Gasteiger partial charge in [-0.05, 0) is 54.1 Å². The Morgan fingerprint density at radius 3 is 2.62 bits per heavy atom. The Hall–Kier alpha value is -3.29. The third-order valence-electron chi connectivity index (χ3n) is 6.22. The van der Waals surface area contributed by atoms with Gasteiger partial charge in [-0.1, -0.05) is 43.6 Å². The molecule has 2 heterocycles. The van der Waals surface area contributed by atoms with E-state index < -0.39 is 16.0 Å². The van der Waals surface area contributed by atoms with Crippen molar-refractivity contribution in [2.45, 2.75) is 30.6 Å². The van der Waals surface area contributed by atoms with Gasteiger partial charge < -0.3 is 9.84 Å². The van der Waals surface area contributed by atoms with Crippen LogP contribution in [0.4, 0.5) is 0 Å². The van der Waals surface area contributed by atoms with Crippen LogP contribution in [-0.2, 0) is 21.9 Å². The average Bonchev–Trinajstić information content (AvgIpc) is 3.30. The van der Waals surface area contributed by atoms with Gasteiger partial charge in [0.25, 0.3) is 10.0 Å². The summed E-state index contributed by atoms with van der Waals surface area (Å²) in [5.74, 6) is -0.381. The number of ether oxygens (including phenoxy) is 1. The molecule has 174 valence electrons. The minimum Gasteiger partial charge on any atom is -0.492 e. The fourth-order valence-corrected chi connectivity index (χ4v) is 6.22. The molecule has 0 amide bonds. The van der Waals surface area contributed by atoms with Crippen LogP contribution in [0.5, 0.6) is 5.75 Å². The first-order chi connectivity index (χ1) is 16.1. The molecule has 6 nitrogen and oxygen atoms in total. The molecule has 4 aromatic rings. The molecule has 0 unspecified atom stereocenters. The lowest BCUT2D eigenvalue weighted by Crippen LogP contribution is -2.20. The van der Waals surface area contributed by atoms with Crippen molar-refractivity contribution < 1.29 is 23.1 Å². The van der Waals surface area contributed by atoms with E-state index in [2.05, 4.69) is 0 Å². The van der Waals surface area contributed by atoms with Gasteiger partial charge in [0.2, 0.25) is 0 Å². The number of aromatic carboxylic acids is 1. The van der Waals surface area contributed by atoms with Crippen molar-refractivity contribution in [3.05, 3.63) is 94.1 Å². The molecule has 0 saturated carbocycles. The number of hydrogen-bond acceptors (Lipinski definition) is 4. The second-order valence-corrected chi connectivity index (χ2v) is 11.3. The van der Waals surface area contributed by atoms with Crippen molar-refractivity contribution >= 4 is 38.5 Å². The quantitative estimate of drug-likeness (QED) is 0.395. The van der Waals surface area contributed by atoms with Crippen molar-refractivity contribution in [3.8, 4) is 5.75 Å². The highest BCUT2D eigenvalue weighted by atomic mass is 35.5. The molecule has 0 saturated heterocycles. The van der Waals surface area contributed by atoms with Gasteiger partial charge in [-0.3, -0.25) is 0 Å². The van der Waals surface area contributed by atoms with Gasteiger partial charge in [-0.25, -0.2) is 17.2 Å². The molecule has 3 aromatic carbocycles. The summed E-state index contributed by atoms with van der Waals surface area (Å²) in [5.41, 5.74) is 2.10. The van der Waals surface area contributed by atoms with E-state index in [1.807, 2.05) is 13.8 Å². The van der Waals surface area contributed by atoms with E-state index in [1.165, 1.54) is 10.0 Å². The molecule has 0 atom stereocenters. The molecule has 8 heteroatoms. The van der Waals surface area contributed by atoms with Gasteiger partial charge in [-0.2, -0.15) is 0 Å². The summed E-state index contributed by atoms with van der Waals surface area (Å²) in [6.45, 7) is 4.50. The van der Waals surface area contributed by atoms with Gasteiger partial charge in [-0.15, -0.1) is 0 Å². The van der Waals surface area contributed by atoms with Crippen LogP contribution in [0.2, 0.25) is 5.02 Å². The molecule has 1 aromatic heterocycles. The predicted octanol–water partition coefficient (Wildman–Crippen LogP) is 5.49. The lowest BCUT2D eigenvalue weighted by atomic mass is 9.87. The van der Waals surface area contributed by atoms with Crippen molar-refractivity contribution in [2.24, 2.45) is 0 Å². The molecule has 1 N–H and O–H groups in total. The van der Waals surface area contributed by atoms with Gasteiger partial charge in [0.1, 0.15) is 5.75 Å². The van der Waals surface area contributed by atoms with Crippen LogP contribution in [0.25, 0.3) is 10.9 Å². The number of rotatable bonds is 5. The smallest absolute Gasteiger partial charge is 0.335 e. The first-order valence-electron chi connectivity index (χ1n) is 10.7. The van der Waals surface area contributed by atoms with Gasteiger partial charge >= 0.3 is 5.97 Å². The van der Waals surface area contributed by atoms with Crippen molar-refractivity contribution in [1.82, 2.24) is 3.97 Å². The van der Waals surface area contributed by atoms with Crippen LogP contribution >= 0.6 is 11.6 Å². The van der Waals surface area contributed by atoms with E-state index in [9.17, 15) is 18.3 Å². The normalized spacial score (nSPS) is 14.7. The maximum Gasteiger partial charge on any atom is 0.335 e. The average molecular weight is 496 g/mol. The lowest BCUT2D eigenvalue weighted by Gasteiger charge is -2.17. The highest BCUT2D eigenvalue weighted by molar-refractivity contribution is 7.90. The SMILES string of the molecule is CC1(C)COc2ccc(S(=O)(=O)n3c(Cc4ccccc4C(=O)O)cc4cc(Cl)ccc43)cc21. The second kappa shape index (κ2) is 7.89. The molecule has 0 fully saturated rings. The number of nitrogens with zero attached hydrogens (tertiary/aromatic N) is 1. The first-order valence-corrected chi connectivity index (χ1v) is 12.5. The Kier molecular flexibility index (Phi) is 5.22. The Bertz CT molecular complexity index is 1570. The van der Waals surface area contributed by atoms with Gasteiger partial charge in [0, 0.05) is 33.5 Å². The number of aromatic nitrogens is 1. The lowest BCUT2D eigenvalue weighted by molar-refractivity contribution is 0.0696. The molecule has 34 heavy (non-hydrogen) atoms. The highest BCUT2D eigenvalue weighted by Crippen LogP contribution is 2.40. The molecular weight excluding hydrogens is 474 g/mol. The van der Waals surface area contributed by atoms with E-state index in [1.54, 1.807) is 60.7 Å². The molecular formula is C26H22ClNO5S. The Morgan fingerprint density at radius 1 is 1.09 bits per heavy atom. The number of benzene rings is 3. The molecule has 1 aliphatic heterocycles. The molecule has 0 spiro atoms. The summed E-state index contributed by atoms with van der Waals surface area (Å²) in [6.07, 6.45) is 0.119. The second-order valence-electron chi connectivity index (χ2n) is 9.08. The highest BCUT2D eigenvalue weighted by Gasteiger charge is 2.34. The fraction of sp³-hybridized carbons (Fsp3) is 0.192. The zero-order valence-corrected chi connectivity index (χ0v) is 20.2. The summed E-state index contributed by atoms with van der Waals surface area (Å²) < 4.78 is 35.0. The van der Waals surface area contributed by atoms with Crippen LogP contribution in [0.15, 0.2) is 71.6 Å². The standard InChI is InChI=1S/C26H22ClNO5S/c1-26(2)15-33-24-10-8-20(14-22(24)26)34(31,32)28-19(13-17-11-18(27)7-9-23(17)28)12-16-5-3-4-6-21(16)25(29)30/h3-11,13-14H,12,15H2,1-2H3,(H,29,30). The molecule has 0 aliphatic carbocycles. The van der Waals surface area contributed by atoms with Gasteiger partial charge in [0.05, 0.1) is 22.6 Å². The predicted molar refractivity (Wildman–Crippen MR) is 131 cm³/mol. The summed E-state index contributed by atoms with van der Waals surface area (Å²) in [4.78, 5) is 11.9. The third-order valence-corrected chi connectivity index (χ3v) is 8.21. The number of fused-ring (bicyclic) bond motifs is 2. The molecule has 0 radical (unpaired) electrons. The largest absolute Gasteiger partial charge is 0.492 e. The Balaban J connectivity index is 1.72. The number of carboxylic acids is 1. The van der Waals surface area contributed by atoms with E-state index >= 15 is 0 Å². The molecule has 1 aliphatic rings. The fourth-order valence-electron chi connectivity index (χ4n) is 4.47. The van der Waals surface area contributed by atoms with Crippen molar-refractivity contribution in [1.29, 1.82) is 0 Å². The van der Waals surface area contributed by atoms with E-state index in [0.717, 1.165) is 5.56 Å². The topological polar surface area (TPSA) is 85.6 Å². The first kappa shape index (κ1) is 22.5. The number of carboxylic acid groups (broad SMARTS) is 1. The zero-order chi connectivity index (χ0) is 24.3. The Morgan fingerprint density at radius 2 is 1.85 bits per heavy atom. The third kappa shape index (κ3) is 3.65. The summed E-state index contributed by atoms with van der Waals surface area (Å²) in [5, 5.41) is 10.7. The minimum absolute atomic E-state index is 0.119. The summed E-state index contributed by atoms with van der Waals surface area (Å²) in [6, 6.07) is 18.3. The number of halogens is 1. The molecule has 0 bridgehead atoms. The zero-order valence-electron chi connectivity index (χ0n) is 18.6. The van der Waals surface area contributed by atoms with E-state index in [4.69, 9.17) is 16.3 Å². The van der Waals surface area contributed by atoms with Crippen LogP contribution in [0.3, 0.4) is 0 Å². The van der Waals surface area contributed by atoms with E-state index in [0.29, 0.717) is 39.5 Å². The number of carbonyl (C=O) groups is 1. The Labute approximate surface area is 202 Å². The van der Waals surface area contributed by atoms with Crippen molar-refractivity contribution in [3.63, 3.8) is 0 Å². The maximum absolute atomic E-state index is 14.0. The molecule has 5 rings (SSSR count). The number of hydrogen-bond donors (Lipinski definition) is 1. The van der Waals surface area contributed by atoms with Crippen LogP contribution in [0.1, 0.15) is 41.0 Å². The van der Waals surface area contributed by atoms with Gasteiger partial charge in [0.15, 0.2) is 0 Å². The summed E-state index contributed by atoms with van der Waals surface area (Å²) >= 11 is 6.18. The monoisotopic (exact) mass is 495 g/mol. The van der Waals surface area contributed by atoms with Crippen LogP contribution < -0.4 is 4.74 Å². The maximum atomic E-state index is 14.0. The van der Waals surface area contributed by atoms with Crippen LogP contribution in [0, 0.1) is 0 Å². The minimum atomic E-state index is -4.02. The summed E-state index contributed by atoms with van der Waals surface area (Å²) in [7, 11) is -4.02.